The van der Waals surface area contributed by atoms with Crippen molar-refractivity contribution in [2.75, 3.05) is 26.9 Å². The molecule has 0 fully saturated rings. The van der Waals surface area contributed by atoms with Crippen molar-refractivity contribution in [1.29, 1.82) is 0 Å². The summed E-state index contributed by atoms with van der Waals surface area (Å²) in [7, 11) is 1.61. The van der Waals surface area contributed by atoms with E-state index >= 15 is 0 Å². The van der Waals surface area contributed by atoms with Gasteiger partial charge in [0.1, 0.15) is 24.4 Å². The molecule has 0 saturated carbocycles. The van der Waals surface area contributed by atoms with Gasteiger partial charge in [-0.2, -0.15) is 0 Å². The highest BCUT2D eigenvalue weighted by molar-refractivity contribution is 5.97. The van der Waals surface area contributed by atoms with E-state index in [0.717, 1.165) is 0 Å². The molecule has 32 heavy (non-hydrogen) atoms. The van der Waals surface area contributed by atoms with Crippen LogP contribution in [0.25, 0.3) is 0 Å². The maximum Gasteiger partial charge on any atom is 0.310 e. The standard InChI is InChI=1S/C9H18O3.C8H16O2.C7H12O3/c1-9(2,3)8(10)7-12-6-5-11-4;1-7(2,3)6(9)8(4,5)10;1-7(2,3)5(8)4-6(9)10/h5-7H2,1-4H3;10H,1-5H3;4H2,1-3H3,(H,9,10). The van der Waals surface area contributed by atoms with Crippen molar-refractivity contribution < 1.29 is 38.9 Å². The summed E-state index contributed by atoms with van der Waals surface area (Å²) in [5.41, 5.74) is -2.47. The molecule has 0 radical (unpaired) electrons. The van der Waals surface area contributed by atoms with E-state index in [1.54, 1.807) is 48.7 Å². The molecule has 8 nitrogen and oxygen atoms in total. The van der Waals surface area contributed by atoms with Gasteiger partial charge in [0.15, 0.2) is 11.6 Å². The van der Waals surface area contributed by atoms with Gasteiger partial charge in [-0.15, -0.1) is 0 Å². The average molecular weight is 463 g/mol. The van der Waals surface area contributed by atoms with Gasteiger partial charge >= 0.3 is 5.97 Å². The van der Waals surface area contributed by atoms with Gasteiger partial charge in [0, 0.05) is 23.4 Å². The van der Waals surface area contributed by atoms with Crippen molar-refractivity contribution in [2.24, 2.45) is 16.2 Å². The largest absolute Gasteiger partial charge is 0.481 e. The topological polar surface area (TPSA) is 127 Å². The second-order valence-corrected chi connectivity index (χ2v) is 11.1. The number of aliphatic hydroxyl groups is 1. The van der Waals surface area contributed by atoms with Crippen LogP contribution >= 0.6 is 0 Å². The van der Waals surface area contributed by atoms with E-state index in [9.17, 15) is 24.3 Å². The molecular weight excluding hydrogens is 416 g/mol. The molecule has 0 aliphatic rings. The molecule has 2 N–H and O–H groups in total. The normalized spacial score (nSPS) is 12.0. The van der Waals surface area contributed by atoms with Crippen LogP contribution in [0.5, 0.6) is 0 Å². The number of carbonyl (C=O) groups is 4. The van der Waals surface area contributed by atoms with Crippen molar-refractivity contribution in [3.05, 3.63) is 0 Å². The number of carboxylic acid groups (broad SMARTS) is 1. The number of aliphatic carboxylic acids is 1. The van der Waals surface area contributed by atoms with Crippen LogP contribution in [-0.2, 0) is 28.7 Å². The lowest BCUT2D eigenvalue weighted by Gasteiger charge is -2.25. The van der Waals surface area contributed by atoms with Crippen LogP contribution in [0.2, 0.25) is 0 Å². The van der Waals surface area contributed by atoms with Gasteiger partial charge in [-0.1, -0.05) is 62.3 Å². The molecule has 8 heteroatoms. The maximum absolute atomic E-state index is 11.3. The average Bonchev–Trinajstić information content (AvgIpc) is 2.55. The highest BCUT2D eigenvalue weighted by Crippen LogP contribution is 2.22. The molecule has 0 amide bonds. The van der Waals surface area contributed by atoms with Crippen LogP contribution in [-0.4, -0.2) is 66.1 Å². The first-order valence-corrected chi connectivity index (χ1v) is 10.6. The number of carboxylic acids is 1. The Labute approximate surface area is 194 Å². The van der Waals surface area contributed by atoms with E-state index in [4.69, 9.17) is 14.6 Å². The van der Waals surface area contributed by atoms with Crippen molar-refractivity contribution >= 4 is 23.3 Å². The molecule has 0 bridgehead atoms. The van der Waals surface area contributed by atoms with Crippen LogP contribution in [0.15, 0.2) is 0 Å². The van der Waals surface area contributed by atoms with Gasteiger partial charge in [0.25, 0.3) is 0 Å². The lowest BCUT2D eigenvalue weighted by Crippen LogP contribution is -2.40. The van der Waals surface area contributed by atoms with E-state index in [1.165, 1.54) is 13.8 Å². The minimum atomic E-state index is -1.20. The molecule has 0 aromatic carbocycles. The summed E-state index contributed by atoms with van der Waals surface area (Å²) >= 11 is 0. The molecule has 0 saturated heterocycles. The minimum Gasteiger partial charge on any atom is -0.481 e. The number of ether oxygens (including phenoxy) is 2. The SMILES string of the molecule is CC(C)(C)C(=O)C(C)(C)O.CC(C)(C)C(=O)CC(=O)O.COCCOCC(=O)C(C)(C)C. The Morgan fingerprint density at radius 1 is 0.688 bits per heavy atom. The summed E-state index contributed by atoms with van der Waals surface area (Å²) in [4.78, 5) is 43.4. The smallest absolute Gasteiger partial charge is 0.310 e. The highest BCUT2D eigenvalue weighted by atomic mass is 16.5. The van der Waals surface area contributed by atoms with E-state index in [-0.39, 0.29) is 35.8 Å². The summed E-state index contributed by atoms with van der Waals surface area (Å²) in [6.45, 7) is 20.4. The fourth-order valence-electron chi connectivity index (χ4n) is 1.84. The van der Waals surface area contributed by atoms with Crippen molar-refractivity contribution in [3.8, 4) is 0 Å². The fourth-order valence-corrected chi connectivity index (χ4v) is 1.84. The zero-order valence-corrected chi connectivity index (χ0v) is 22.2. The summed E-state index contributed by atoms with van der Waals surface area (Å²) in [5.74, 6) is -1.29. The first kappa shape index (κ1) is 35.0. The van der Waals surface area contributed by atoms with E-state index in [2.05, 4.69) is 0 Å². The van der Waals surface area contributed by atoms with Crippen molar-refractivity contribution in [2.45, 2.75) is 88.2 Å². The number of carbonyl (C=O) groups excluding carboxylic acids is 3. The Balaban J connectivity index is -0.000000397. The monoisotopic (exact) mass is 462 g/mol. The number of rotatable bonds is 8. The van der Waals surface area contributed by atoms with Crippen LogP contribution in [0, 0.1) is 16.2 Å². The fraction of sp³-hybridized carbons (Fsp3) is 0.833. The van der Waals surface area contributed by atoms with Gasteiger partial charge in [0.05, 0.1) is 13.2 Å². The summed E-state index contributed by atoms with van der Waals surface area (Å²) in [6, 6.07) is 0. The number of hydrogen-bond acceptors (Lipinski definition) is 7. The third-order valence-corrected chi connectivity index (χ3v) is 3.89. The Morgan fingerprint density at radius 3 is 1.28 bits per heavy atom. The van der Waals surface area contributed by atoms with Crippen LogP contribution in [0.1, 0.15) is 82.6 Å². The lowest BCUT2D eigenvalue weighted by molar-refractivity contribution is -0.143. The third-order valence-electron chi connectivity index (χ3n) is 3.89. The molecule has 0 spiro atoms. The van der Waals surface area contributed by atoms with E-state index < -0.39 is 22.4 Å². The number of Topliss-reactive ketones (excluding diaryl/α,β-unsaturated/α-hetero) is 3. The zero-order chi connectivity index (χ0) is 26.6. The maximum atomic E-state index is 11.3. The first-order chi connectivity index (χ1) is 14.0. The summed E-state index contributed by atoms with van der Waals surface area (Å²) in [6.07, 6.45) is -0.372. The first-order valence-electron chi connectivity index (χ1n) is 10.6. The Morgan fingerprint density at radius 2 is 1.09 bits per heavy atom. The van der Waals surface area contributed by atoms with Crippen molar-refractivity contribution in [1.82, 2.24) is 0 Å². The predicted molar refractivity (Wildman–Crippen MR) is 125 cm³/mol. The van der Waals surface area contributed by atoms with E-state index in [1.807, 2.05) is 20.8 Å². The molecule has 190 valence electrons. The predicted octanol–water partition coefficient (Wildman–Crippen LogP) is 3.71. The van der Waals surface area contributed by atoms with Crippen LogP contribution < -0.4 is 0 Å². The molecular formula is C24H46O8. The van der Waals surface area contributed by atoms with Gasteiger partial charge in [0.2, 0.25) is 0 Å². The third kappa shape index (κ3) is 20.3. The van der Waals surface area contributed by atoms with Gasteiger partial charge in [-0.05, 0) is 13.8 Å². The summed E-state index contributed by atoms with van der Waals surface area (Å²) < 4.78 is 9.86. The second-order valence-electron chi connectivity index (χ2n) is 11.1. The van der Waals surface area contributed by atoms with Crippen molar-refractivity contribution in [3.63, 3.8) is 0 Å². The number of hydrogen-bond donors (Lipinski definition) is 2. The van der Waals surface area contributed by atoms with E-state index in [0.29, 0.717) is 13.2 Å². The van der Waals surface area contributed by atoms with Gasteiger partial charge in [-0.25, -0.2) is 0 Å². The van der Waals surface area contributed by atoms with Crippen LogP contribution in [0.4, 0.5) is 0 Å². The van der Waals surface area contributed by atoms with Crippen LogP contribution in [0.3, 0.4) is 0 Å². The minimum absolute atomic E-state index is 0.124. The highest BCUT2D eigenvalue weighted by Gasteiger charge is 2.33. The number of methoxy groups -OCH3 is 1. The second kappa shape index (κ2) is 14.5. The lowest BCUT2D eigenvalue weighted by atomic mass is 9.82. The Kier molecular flexibility index (Phi) is 15.8. The molecule has 0 heterocycles. The molecule has 0 aliphatic carbocycles. The van der Waals surface area contributed by atoms with Gasteiger partial charge in [-0.3, -0.25) is 19.2 Å². The quantitative estimate of drug-likeness (QED) is 0.413. The molecule has 0 aliphatic heterocycles. The summed E-state index contributed by atoms with van der Waals surface area (Å²) in [5, 5.41) is 17.5. The molecule has 0 unspecified atom stereocenters. The zero-order valence-electron chi connectivity index (χ0n) is 22.2. The Hall–Kier alpha value is -1.64. The molecule has 0 aromatic heterocycles. The molecule has 0 atom stereocenters. The Bertz CT molecular complexity index is 577. The number of ketones is 3. The van der Waals surface area contributed by atoms with Gasteiger partial charge < -0.3 is 19.7 Å². The molecule has 0 rings (SSSR count). The molecule has 0 aromatic rings.